The number of hydrogen-bond acceptors (Lipinski definition) is 2. The first-order chi connectivity index (χ1) is 7.68. The number of hydrogen-bond donors (Lipinski definition) is 1. The van der Waals surface area contributed by atoms with E-state index in [-0.39, 0.29) is 12.2 Å². The van der Waals surface area contributed by atoms with Crippen molar-refractivity contribution in [2.24, 2.45) is 0 Å². The highest BCUT2D eigenvalue weighted by Crippen LogP contribution is 1.97. The topological polar surface area (TPSA) is 38.3 Å². The summed E-state index contributed by atoms with van der Waals surface area (Å²) in [4.78, 5) is 11.1. The molecule has 1 N–H and O–H groups in total. The van der Waals surface area contributed by atoms with Crippen LogP contribution in [-0.2, 0) is 11.3 Å². The number of rotatable bonds is 3. The van der Waals surface area contributed by atoms with Crippen molar-refractivity contribution in [3.8, 4) is 0 Å². The number of carbonyl (C=O) groups is 1. The van der Waals surface area contributed by atoms with Gasteiger partial charge in [-0.1, -0.05) is 44.2 Å². The largest absolute Gasteiger partial charge is 0.447 e. The normalized spacial score (nSPS) is 9.06. The summed E-state index contributed by atoms with van der Waals surface area (Å²) in [5, 5.41) is 2.67. The predicted octanol–water partition coefficient (Wildman–Crippen LogP) is 3.35. The van der Waals surface area contributed by atoms with E-state index in [0.29, 0.717) is 6.54 Å². The zero-order chi connectivity index (χ0) is 12.4. The Morgan fingerprint density at radius 3 is 2.31 bits per heavy atom. The average molecular weight is 223 g/mol. The third-order valence-corrected chi connectivity index (χ3v) is 1.62. The lowest BCUT2D eigenvalue weighted by molar-refractivity contribution is 0.115. The van der Waals surface area contributed by atoms with Gasteiger partial charge in [-0.05, 0) is 19.4 Å². The van der Waals surface area contributed by atoms with E-state index in [1.165, 1.54) is 0 Å². The van der Waals surface area contributed by atoms with Crippen LogP contribution in [0.15, 0.2) is 30.3 Å². The molecule has 0 fully saturated rings. The molecule has 3 heteroatoms. The number of ether oxygens (including phenoxy) is 1. The van der Waals surface area contributed by atoms with Gasteiger partial charge in [-0.3, -0.25) is 0 Å². The lowest BCUT2D eigenvalue weighted by Crippen LogP contribution is -2.26. The Morgan fingerprint density at radius 2 is 1.81 bits per heavy atom. The Kier molecular flexibility index (Phi) is 7.94. The lowest BCUT2D eigenvalue weighted by atomic mass is 10.2. The minimum absolute atomic E-state index is 0.0780. The molecule has 1 aromatic rings. The number of amides is 1. The minimum Gasteiger partial charge on any atom is -0.447 e. The van der Waals surface area contributed by atoms with Gasteiger partial charge in [0.25, 0.3) is 0 Å². The molecule has 0 saturated carbocycles. The van der Waals surface area contributed by atoms with E-state index in [1.807, 2.05) is 58.0 Å². The first kappa shape index (κ1) is 14.5. The first-order valence-corrected chi connectivity index (χ1v) is 5.67. The Balaban J connectivity index is 0.00000106. The quantitative estimate of drug-likeness (QED) is 0.853. The third kappa shape index (κ3) is 6.87. The number of benzene rings is 1. The molecule has 0 unspecified atom stereocenters. The molecule has 0 aliphatic carbocycles. The molecule has 1 rings (SSSR count). The monoisotopic (exact) mass is 223 g/mol. The number of carbonyl (C=O) groups excluding carboxylic acids is 1. The van der Waals surface area contributed by atoms with Crippen LogP contribution >= 0.6 is 0 Å². The standard InChI is InChI=1S/C11H15NO2.C2H6/c1-9(2)14-11(13)12-8-10-6-4-3-5-7-10;1-2/h3-7,9H,8H2,1-2H3,(H,12,13);1-2H3. The minimum atomic E-state index is -0.371. The van der Waals surface area contributed by atoms with E-state index in [1.54, 1.807) is 0 Å². The van der Waals surface area contributed by atoms with Crippen molar-refractivity contribution in [1.29, 1.82) is 0 Å². The highest BCUT2D eigenvalue weighted by Gasteiger charge is 2.03. The summed E-state index contributed by atoms with van der Waals surface area (Å²) >= 11 is 0. The maximum absolute atomic E-state index is 11.1. The summed E-state index contributed by atoms with van der Waals surface area (Å²) in [5.74, 6) is 0. The molecular formula is C13H21NO2. The fraction of sp³-hybridized carbons (Fsp3) is 0.462. The van der Waals surface area contributed by atoms with Crippen molar-refractivity contribution < 1.29 is 9.53 Å². The van der Waals surface area contributed by atoms with Crippen molar-refractivity contribution in [2.45, 2.75) is 40.3 Å². The van der Waals surface area contributed by atoms with E-state index in [4.69, 9.17) is 4.74 Å². The summed E-state index contributed by atoms with van der Waals surface area (Å²) in [6.45, 7) is 8.15. The van der Waals surface area contributed by atoms with Crippen molar-refractivity contribution in [1.82, 2.24) is 5.32 Å². The Morgan fingerprint density at radius 1 is 1.25 bits per heavy atom. The number of nitrogens with one attached hydrogen (secondary N) is 1. The van der Waals surface area contributed by atoms with Crippen LogP contribution in [0.3, 0.4) is 0 Å². The summed E-state index contributed by atoms with van der Waals surface area (Å²) in [5.41, 5.74) is 1.06. The van der Waals surface area contributed by atoms with Gasteiger partial charge in [0.05, 0.1) is 6.10 Å². The summed E-state index contributed by atoms with van der Waals surface area (Å²) < 4.78 is 4.92. The highest BCUT2D eigenvalue weighted by molar-refractivity contribution is 5.67. The van der Waals surface area contributed by atoms with Gasteiger partial charge in [-0.2, -0.15) is 0 Å². The van der Waals surface area contributed by atoms with Crippen molar-refractivity contribution in [3.05, 3.63) is 35.9 Å². The van der Waals surface area contributed by atoms with Crippen molar-refractivity contribution >= 4 is 6.09 Å². The van der Waals surface area contributed by atoms with Gasteiger partial charge in [0.15, 0.2) is 0 Å². The molecule has 0 aliphatic heterocycles. The summed E-state index contributed by atoms with van der Waals surface area (Å²) in [7, 11) is 0. The third-order valence-electron chi connectivity index (χ3n) is 1.62. The lowest BCUT2D eigenvalue weighted by Gasteiger charge is -2.09. The zero-order valence-corrected chi connectivity index (χ0v) is 10.5. The molecule has 90 valence electrons. The van der Waals surface area contributed by atoms with Gasteiger partial charge in [0.1, 0.15) is 0 Å². The first-order valence-electron chi connectivity index (χ1n) is 5.67. The van der Waals surface area contributed by atoms with Crippen LogP contribution in [-0.4, -0.2) is 12.2 Å². The van der Waals surface area contributed by atoms with Gasteiger partial charge in [0, 0.05) is 6.54 Å². The summed E-state index contributed by atoms with van der Waals surface area (Å²) in [6, 6.07) is 9.72. The van der Waals surface area contributed by atoms with Gasteiger partial charge in [-0.25, -0.2) is 4.79 Å². The van der Waals surface area contributed by atoms with Crippen LogP contribution in [0.25, 0.3) is 0 Å². The molecule has 0 spiro atoms. The van der Waals surface area contributed by atoms with E-state index in [2.05, 4.69) is 5.32 Å². The maximum Gasteiger partial charge on any atom is 0.407 e. The molecule has 0 bridgehead atoms. The van der Waals surface area contributed by atoms with Crippen molar-refractivity contribution in [3.63, 3.8) is 0 Å². The Labute approximate surface area is 97.8 Å². The van der Waals surface area contributed by atoms with E-state index < -0.39 is 0 Å². The maximum atomic E-state index is 11.1. The van der Waals surface area contributed by atoms with Gasteiger partial charge in [-0.15, -0.1) is 0 Å². The molecule has 0 atom stereocenters. The van der Waals surface area contributed by atoms with Gasteiger partial charge in [0.2, 0.25) is 0 Å². The second-order valence-electron chi connectivity index (χ2n) is 3.29. The molecule has 0 aromatic heterocycles. The van der Waals surface area contributed by atoms with E-state index in [9.17, 15) is 4.79 Å². The van der Waals surface area contributed by atoms with Crippen LogP contribution in [0, 0.1) is 0 Å². The zero-order valence-electron chi connectivity index (χ0n) is 10.5. The fourth-order valence-corrected chi connectivity index (χ4v) is 1.03. The average Bonchev–Trinajstić information content (AvgIpc) is 2.30. The smallest absolute Gasteiger partial charge is 0.407 e. The number of alkyl carbamates (subject to hydrolysis) is 1. The van der Waals surface area contributed by atoms with Crippen LogP contribution in [0.1, 0.15) is 33.3 Å². The van der Waals surface area contributed by atoms with Gasteiger partial charge >= 0.3 is 6.09 Å². The molecule has 1 aromatic carbocycles. The van der Waals surface area contributed by atoms with Crippen LogP contribution in [0.4, 0.5) is 4.79 Å². The van der Waals surface area contributed by atoms with Crippen LogP contribution in [0.5, 0.6) is 0 Å². The summed E-state index contributed by atoms with van der Waals surface area (Å²) in [6.07, 6.45) is -0.449. The fourth-order valence-electron chi connectivity index (χ4n) is 1.03. The molecule has 0 aliphatic rings. The second-order valence-corrected chi connectivity index (χ2v) is 3.29. The Bertz CT molecular complexity index is 283. The molecule has 0 saturated heterocycles. The van der Waals surface area contributed by atoms with Crippen LogP contribution < -0.4 is 5.32 Å². The molecule has 0 radical (unpaired) electrons. The SMILES string of the molecule is CC.CC(C)OC(=O)NCc1ccccc1. The van der Waals surface area contributed by atoms with E-state index >= 15 is 0 Å². The highest BCUT2D eigenvalue weighted by atomic mass is 16.6. The second kappa shape index (κ2) is 8.77. The molecule has 16 heavy (non-hydrogen) atoms. The Hall–Kier alpha value is -1.51. The molecule has 0 heterocycles. The van der Waals surface area contributed by atoms with Crippen molar-refractivity contribution in [2.75, 3.05) is 0 Å². The molecule has 3 nitrogen and oxygen atoms in total. The van der Waals surface area contributed by atoms with Gasteiger partial charge < -0.3 is 10.1 Å². The predicted molar refractivity (Wildman–Crippen MR) is 66.2 cm³/mol. The molecule has 1 amide bonds. The van der Waals surface area contributed by atoms with Crippen LogP contribution in [0.2, 0.25) is 0 Å². The molecular weight excluding hydrogens is 202 g/mol. The van der Waals surface area contributed by atoms with E-state index in [0.717, 1.165) is 5.56 Å².